The molecule has 1 unspecified atom stereocenters. The lowest BCUT2D eigenvalue weighted by atomic mass is 9.98. The second-order valence-electron chi connectivity index (χ2n) is 4.29. The Hall–Kier alpha value is -1.56. The van der Waals surface area contributed by atoms with Crippen molar-refractivity contribution < 1.29 is 13.2 Å². The van der Waals surface area contributed by atoms with Crippen LogP contribution in [0.25, 0.3) is 0 Å². The zero-order valence-electron chi connectivity index (χ0n) is 10.3. The lowest BCUT2D eigenvalue weighted by Crippen LogP contribution is -2.30. The van der Waals surface area contributed by atoms with Gasteiger partial charge in [0.1, 0.15) is 17.5 Å². The van der Waals surface area contributed by atoms with Gasteiger partial charge in [0.25, 0.3) is 0 Å². The van der Waals surface area contributed by atoms with Crippen LogP contribution in [0.2, 0.25) is 5.02 Å². The predicted octanol–water partition coefficient (Wildman–Crippen LogP) is 3.50. The van der Waals surface area contributed by atoms with E-state index in [-0.39, 0.29) is 22.6 Å². The zero-order chi connectivity index (χ0) is 14.7. The van der Waals surface area contributed by atoms with Gasteiger partial charge in [-0.1, -0.05) is 23.7 Å². The SMILES string of the molecule is NNC(Cc1c(F)cccc1F)c1ccc(Cl)cc1F. The van der Waals surface area contributed by atoms with Crippen molar-refractivity contribution in [2.24, 2.45) is 5.84 Å². The van der Waals surface area contributed by atoms with Gasteiger partial charge in [-0.15, -0.1) is 0 Å². The topological polar surface area (TPSA) is 38.0 Å². The Balaban J connectivity index is 2.34. The molecule has 0 aliphatic rings. The Labute approximate surface area is 119 Å². The Morgan fingerprint density at radius 2 is 1.70 bits per heavy atom. The number of nitrogens with one attached hydrogen (secondary N) is 1. The second kappa shape index (κ2) is 6.26. The fourth-order valence-corrected chi connectivity index (χ4v) is 2.13. The number of hydrogen-bond acceptors (Lipinski definition) is 2. The van der Waals surface area contributed by atoms with Gasteiger partial charge in [-0.3, -0.25) is 11.3 Å². The molecule has 0 saturated heterocycles. The number of hydrazine groups is 1. The molecule has 6 heteroatoms. The van der Waals surface area contributed by atoms with Crippen LogP contribution in [0, 0.1) is 17.5 Å². The zero-order valence-corrected chi connectivity index (χ0v) is 11.1. The molecule has 2 nitrogen and oxygen atoms in total. The van der Waals surface area contributed by atoms with E-state index in [9.17, 15) is 13.2 Å². The van der Waals surface area contributed by atoms with Crippen molar-refractivity contribution in [1.82, 2.24) is 5.43 Å². The normalized spacial score (nSPS) is 12.4. The van der Waals surface area contributed by atoms with Crippen molar-refractivity contribution in [3.63, 3.8) is 0 Å². The van der Waals surface area contributed by atoms with Crippen LogP contribution < -0.4 is 11.3 Å². The molecule has 2 aromatic rings. The maximum Gasteiger partial charge on any atom is 0.129 e. The smallest absolute Gasteiger partial charge is 0.129 e. The summed E-state index contributed by atoms with van der Waals surface area (Å²) in [7, 11) is 0. The molecular formula is C14H12ClF3N2. The van der Waals surface area contributed by atoms with Crippen LogP contribution in [0.3, 0.4) is 0 Å². The molecule has 3 N–H and O–H groups in total. The average Bonchev–Trinajstić information content (AvgIpc) is 2.40. The highest BCUT2D eigenvalue weighted by Crippen LogP contribution is 2.25. The van der Waals surface area contributed by atoms with E-state index < -0.39 is 23.5 Å². The maximum atomic E-state index is 13.8. The van der Waals surface area contributed by atoms with Gasteiger partial charge >= 0.3 is 0 Å². The summed E-state index contributed by atoms with van der Waals surface area (Å²) in [6.45, 7) is 0. The quantitative estimate of drug-likeness (QED) is 0.670. The molecule has 106 valence electrons. The van der Waals surface area contributed by atoms with Gasteiger partial charge in [0, 0.05) is 16.1 Å². The predicted molar refractivity (Wildman–Crippen MR) is 71.5 cm³/mol. The Morgan fingerprint density at radius 3 is 2.25 bits per heavy atom. The number of halogens is 4. The number of hydrogen-bond donors (Lipinski definition) is 2. The van der Waals surface area contributed by atoms with Crippen LogP contribution in [0.15, 0.2) is 36.4 Å². The Bertz CT molecular complexity index is 599. The fraction of sp³-hybridized carbons (Fsp3) is 0.143. The lowest BCUT2D eigenvalue weighted by molar-refractivity contribution is 0.480. The summed E-state index contributed by atoms with van der Waals surface area (Å²) in [6.07, 6.45) is -0.118. The largest absolute Gasteiger partial charge is 0.271 e. The molecule has 0 spiro atoms. The molecule has 0 amide bonds. The van der Waals surface area contributed by atoms with Crippen LogP contribution in [-0.2, 0) is 6.42 Å². The minimum atomic E-state index is -0.765. The standard InChI is InChI=1S/C14H12ClF3N2/c15-8-4-5-9(13(18)6-8)14(20-19)7-10-11(16)2-1-3-12(10)17/h1-6,14,20H,7,19H2. The van der Waals surface area contributed by atoms with E-state index in [4.69, 9.17) is 17.4 Å². The maximum absolute atomic E-state index is 13.8. The van der Waals surface area contributed by atoms with Crippen LogP contribution in [0.5, 0.6) is 0 Å². The van der Waals surface area contributed by atoms with E-state index >= 15 is 0 Å². The van der Waals surface area contributed by atoms with Crippen molar-refractivity contribution in [1.29, 1.82) is 0 Å². The van der Waals surface area contributed by atoms with Gasteiger partial charge in [0.2, 0.25) is 0 Å². The molecule has 0 radical (unpaired) electrons. The van der Waals surface area contributed by atoms with E-state index in [2.05, 4.69) is 5.43 Å². The molecule has 2 rings (SSSR count). The molecule has 0 aliphatic carbocycles. The summed E-state index contributed by atoms with van der Waals surface area (Å²) < 4.78 is 41.0. The number of rotatable bonds is 4. The first kappa shape index (κ1) is 14.8. The Morgan fingerprint density at radius 1 is 1.05 bits per heavy atom. The third-order valence-corrected chi connectivity index (χ3v) is 3.24. The minimum Gasteiger partial charge on any atom is -0.271 e. The van der Waals surface area contributed by atoms with E-state index in [0.29, 0.717) is 0 Å². The minimum absolute atomic E-state index is 0.118. The molecule has 20 heavy (non-hydrogen) atoms. The molecule has 0 bridgehead atoms. The average molecular weight is 301 g/mol. The van der Waals surface area contributed by atoms with E-state index in [1.165, 1.54) is 18.2 Å². The summed E-state index contributed by atoms with van der Waals surface area (Å²) in [5.41, 5.74) is 2.41. The van der Waals surface area contributed by atoms with Crippen molar-refractivity contribution in [2.45, 2.75) is 12.5 Å². The monoisotopic (exact) mass is 300 g/mol. The third kappa shape index (κ3) is 3.12. The molecule has 2 aromatic carbocycles. The highest BCUT2D eigenvalue weighted by Gasteiger charge is 2.19. The molecule has 0 heterocycles. The second-order valence-corrected chi connectivity index (χ2v) is 4.73. The van der Waals surface area contributed by atoms with Crippen molar-refractivity contribution in [2.75, 3.05) is 0 Å². The van der Waals surface area contributed by atoms with E-state index in [1.807, 2.05) is 0 Å². The van der Waals surface area contributed by atoms with Crippen LogP contribution >= 0.6 is 11.6 Å². The fourth-order valence-electron chi connectivity index (χ4n) is 1.97. The molecule has 0 fully saturated rings. The summed E-state index contributed by atoms with van der Waals surface area (Å²) in [5.74, 6) is 3.39. The van der Waals surface area contributed by atoms with Gasteiger partial charge in [-0.2, -0.15) is 0 Å². The van der Waals surface area contributed by atoms with Gasteiger partial charge in [-0.05, 0) is 30.7 Å². The van der Waals surface area contributed by atoms with Crippen molar-refractivity contribution >= 4 is 11.6 Å². The Kier molecular flexibility index (Phi) is 4.65. The number of nitrogens with two attached hydrogens (primary N) is 1. The molecule has 0 saturated carbocycles. The van der Waals surface area contributed by atoms with Gasteiger partial charge < -0.3 is 0 Å². The highest BCUT2D eigenvalue weighted by atomic mass is 35.5. The molecule has 1 atom stereocenters. The first-order chi connectivity index (χ1) is 9.52. The molecule has 0 aromatic heterocycles. The van der Waals surface area contributed by atoms with Gasteiger partial charge in [0.15, 0.2) is 0 Å². The van der Waals surface area contributed by atoms with E-state index in [1.54, 1.807) is 0 Å². The van der Waals surface area contributed by atoms with E-state index in [0.717, 1.165) is 18.2 Å². The summed E-state index contributed by atoms with van der Waals surface area (Å²) in [4.78, 5) is 0. The number of benzene rings is 2. The van der Waals surface area contributed by atoms with Crippen LogP contribution in [0.1, 0.15) is 17.2 Å². The van der Waals surface area contributed by atoms with Crippen LogP contribution in [-0.4, -0.2) is 0 Å². The van der Waals surface area contributed by atoms with Gasteiger partial charge in [-0.25, -0.2) is 13.2 Å². The summed E-state index contributed by atoms with van der Waals surface area (Å²) in [6, 6.07) is 6.83. The highest BCUT2D eigenvalue weighted by molar-refractivity contribution is 6.30. The van der Waals surface area contributed by atoms with Crippen molar-refractivity contribution in [3.05, 3.63) is 70.0 Å². The molecular weight excluding hydrogens is 289 g/mol. The van der Waals surface area contributed by atoms with Crippen molar-refractivity contribution in [3.8, 4) is 0 Å². The first-order valence-corrected chi connectivity index (χ1v) is 6.24. The summed E-state index contributed by atoms with van der Waals surface area (Å²) in [5, 5.41) is 0.235. The van der Waals surface area contributed by atoms with Gasteiger partial charge in [0.05, 0.1) is 6.04 Å². The third-order valence-electron chi connectivity index (χ3n) is 3.01. The molecule has 0 aliphatic heterocycles. The summed E-state index contributed by atoms with van der Waals surface area (Å²) >= 11 is 5.66. The first-order valence-electron chi connectivity index (χ1n) is 5.87. The lowest BCUT2D eigenvalue weighted by Gasteiger charge is -2.18. The van der Waals surface area contributed by atoms with Crippen LogP contribution in [0.4, 0.5) is 13.2 Å².